The fourth-order valence-electron chi connectivity index (χ4n) is 2.22. The zero-order chi connectivity index (χ0) is 16.2. The lowest BCUT2D eigenvalue weighted by Crippen LogP contribution is -2.44. The number of guanidine groups is 1. The summed E-state index contributed by atoms with van der Waals surface area (Å²) in [4.78, 5) is 6.83. The molecule has 0 saturated heterocycles. The van der Waals surface area contributed by atoms with Crippen LogP contribution < -0.4 is 16.4 Å². The van der Waals surface area contributed by atoms with E-state index >= 15 is 0 Å². The van der Waals surface area contributed by atoms with Gasteiger partial charge in [-0.05, 0) is 59.0 Å². The molecule has 0 fully saturated rings. The monoisotopic (exact) mass is 301 g/mol. The number of rotatable bonds is 5. The van der Waals surface area contributed by atoms with Gasteiger partial charge in [0.15, 0.2) is 0 Å². The minimum atomic E-state index is -0.650. The predicted octanol–water partition coefficient (Wildman–Crippen LogP) is 2.27. The summed E-state index contributed by atoms with van der Waals surface area (Å²) in [6.07, 6.45) is 5.60. The molecule has 2 rings (SSSR count). The molecule has 1 aromatic rings. The zero-order valence-corrected chi connectivity index (χ0v) is 13.9. The molecule has 22 heavy (non-hydrogen) atoms. The van der Waals surface area contributed by atoms with Crippen LogP contribution in [-0.2, 0) is 0 Å². The van der Waals surface area contributed by atoms with Crippen molar-refractivity contribution in [3.05, 3.63) is 42.1 Å². The summed E-state index contributed by atoms with van der Waals surface area (Å²) in [5.41, 5.74) is 7.98. The first-order chi connectivity index (χ1) is 10.4. The first kappa shape index (κ1) is 16.5. The summed E-state index contributed by atoms with van der Waals surface area (Å²) in [6.45, 7) is 4.27. The Balaban J connectivity index is 2.00. The Hall–Kier alpha value is -1.85. The van der Waals surface area contributed by atoms with Crippen LogP contribution in [0.3, 0.4) is 0 Å². The molecule has 0 saturated carbocycles. The third kappa shape index (κ3) is 4.58. The number of aliphatic imine (C=N–C) groups is 1. The fourth-order valence-corrected chi connectivity index (χ4v) is 2.22. The molecule has 1 heterocycles. The first-order valence-corrected chi connectivity index (χ1v) is 7.71. The van der Waals surface area contributed by atoms with Crippen LogP contribution in [0.2, 0.25) is 0 Å². The van der Waals surface area contributed by atoms with Crippen molar-refractivity contribution in [2.24, 2.45) is 10.7 Å². The average Bonchev–Trinajstić information content (AvgIpc) is 2.47. The highest BCUT2D eigenvalue weighted by Crippen LogP contribution is 2.19. The van der Waals surface area contributed by atoms with Gasteiger partial charge in [-0.1, -0.05) is 17.7 Å². The molecule has 0 bridgehead atoms. The Morgan fingerprint density at radius 1 is 1.32 bits per heavy atom. The molecule has 0 aliphatic carbocycles. The second-order valence-electron chi connectivity index (χ2n) is 6.27. The van der Waals surface area contributed by atoms with Crippen LogP contribution in [0.4, 0.5) is 5.69 Å². The SMILES string of the molecule is Cc1ccc(NC2=NC(N)(CCC(C)N(C)C)C=CN2)cc1. The number of nitrogens with one attached hydrogen (secondary N) is 2. The molecule has 1 aliphatic heterocycles. The van der Waals surface area contributed by atoms with Gasteiger partial charge in [-0.3, -0.25) is 0 Å². The molecule has 5 heteroatoms. The normalized spacial score (nSPS) is 22.2. The molecule has 0 radical (unpaired) electrons. The van der Waals surface area contributed by atoms with Gasteiger partial charge < -0.3 is 21.3 Å². The van der Waals surface area contributed by atoms with E-state index in [9.17, 15) is 0 Å². The average molecular weight is 301 g/mol. The van der Waals surface area contributed by atoms with Gasteiger partial charge in [0, 0.05) is 17.9 Å². The van der Waals surface area contributed by atoms with Gasteiger partial charge >= 0.3 is 0 Å². The summed E-state index contributed by atoms with van der Waals surface area (Å²) in [5.74, 6) is 0.686. The molecule has 4 N–H and O–H groups in total. The topological polar surface area (TPSA) is 65.7 Å². The third-order valence-corrected chi connectivity index (χ3v) is 4.07. The molecule has 0 spiro atoms. The van der Waals surface area contributed by atoms with Gasteiger partial charge in [0.2, 0.25) is 5.96 Å². The number of nitrogens with two attached hydrogens (primary N) is 1. The zero-order valence-electron chi connectivity index (χ0n) is 13.9. The summed E-state index contributed by atoms with van der Waals surface area (Å²) >= 11 is 0. The van der Waals surface area contributed by atoms with E-state index in [0.717, 1.165) is 18.5 Å². The van der Waals surface area contributed by atoms with E-state index in [2.05, 4.69) is 60.6 Å². The Morgan fingerprint density at radius 3 is 2.64 bits per heavy atom. The molecule has 1 aromatic carbocycles. The highest BCUT2D eigenvalue weighted by Gasteiger charge is 2.25. The maximum atomic E-state index is 6.40. The molecular formula is C17H27N5. The van der Waals surface area contributed by atoms with E-state index in [1.165, 1.54) is 5.56 Å². The van der Waals surface area contributed by atoms with Crippen molar-refractivity contribution in [2.75, 3.05) is 19.4 Å². The largest absolute Gasteiger partial charge is 0.333 e. The molecule has 0 aromatic heterocycles. The minimum Gasteiger partial charge on any atom is -0.333 e. The van der Waals surface area contributed by atoms with Gasteiger partial charge in [0.1, 0.15) is 5.66 Å². The highest BCUT2D eigenvalue weighted by molar-refractivity contribution is 5.95. The van der Waals surface area contributed by atoms with E-state index < -0.39 is 5.66 Å². The van der Waals surface area contributed by atoms with Crippen molar-refractivity contribution in [2.45, 2.75) is 38.4 Å². The van der Waals surface area contributed by atoms with Crippen LogP contribution >= 0.6 is 0 Å². The molecule has 1 aliphatic rings. The van der Waals surface area contributed by atoms with Crippen molar-refractivity contribution >= 4 is 11.6 Å². The van der Waals surface area contributed by atoms with Crippen LogP contribution in [0.15, 0.2) is 41.5 Å². The van der Waals surface area contributed by atoms with Gasteiger partial charge in [-0.2, -0.15) is 0 Å². The third-order valence-electron chi connectivity index (χ3n) is 4.07. The standard InChI is InChI=1S/C17H27N5/c1-13-5-7-15(8-6-13)20-16-19-12-11-17(18,21-16)10-9-14(2)22(3)4/h5-8,11-12,14H,9-10,18H2,1-4H3,(H2,19,20,21). The Labute approximate surface area is 133 Å². The van der Waals surface area contributed by atoms with Crippen molar-refractivity contribution in [3.63, 3.8) is 0 Å². The number of aryl methyl sites for hydroxylation is 1. The fraction of sp³-hybridized carbons (Fsp3) is 0.471. The summed E-state index contributed by atoms with van der Waals surface area (Å²) in [5, 5.41) is 6.39. The van der Waals surface area contributed by atoms with E-state index in [1.807, 2.05) is 24.4 Å². The van der Waals surface area contributed by atoms with Crippen molar-refractivity contribution in [3.8, 4) is 0 Å². The molecule has 0 amide bonds. The summed E-state index contributed by atoms with van der Waals surface area (Å²) in [6, 6.07) is 8.67. The van der Waals surface area contributed by atoms with Gasteiger partial charge in [0.25, 0.3) is 0 Å². The lowest BCUT2D eigenvalue weighted by atomic mass is 10.0. The quantitative estimate of drug-likeness (QED) is 0.780. The maximum Gasteiger partial charge on any atom is 0.202 e. The predicted molar refractivity (Wildman–Crippen MR) is 93.8 cm³/mol. The van der Waals surface area contributed by atoms with Crippen molar-refractivity contribution < 1.29 is 0 Å². The second kappa shape index (κ2) is 6.94. The summed E-state index contributed by atoms with van der Waals surface area (Å²) < 4.78 is 0. The van der Waals surface area contributed by atoms with E-state index in [-0.39, 0.29) is 0 Å². The van der Waals surface area contributed by atoms with E-state index in [1.54, 1.807) is 0 Å². The number of nitrogens with zero attached hydrogens (tertiary/aromatic N) is 2. The van der Waals surface area contributed by atoms with E-state index in [4.69, 9.17) is 5.73 Å². The molecule has 120 valence electrons. The van der Waals surface area contributed by atoms with Crippen LogP contribution in [0, 0.1) is 6.92 Å². The van der Waals surface area contributed by atoms with Crippen LogP contribution in [0.1, 0.15) is 25.3 Å². The lowest BCUT2D eigenvalue weighted by molar-refractivity contribution is 0.278. The number of anilines is 1. The molecule has 2 unspecified atom stereocenters. The first-order valence-electron chi connectivity index (χ1n) is 7.71. The lowest BCUT2D eigenvalue weighted by Gasteiger charge is -2.29. The molecule has 2 atom stereocenters. The van der Waals surface area contributed by atoms with Gasteiger partial charge in [-0.15, -0.1) is 0 Å². The number of hydrogen-bond acceptors (Lipinski definition) is 5. The summed E-state index contributed by atoms with van der Waals surface area (Å²) in [7, 11) is 4.17. The van der Waals surface area contributed by atoms with Gasteiger partial charge in [-0.25, -0.2) is 4.99 Å². The van der Waals surface area contributed by atoms with Gasteiger partial charge in [0.05, 0.1) is 0 Å². The number of hydrogen-bond donors (Lipinski definition) is 3. The second-order valence-corrected chi connectivity index (χ2v) is 6.27. The smallest absolute Gasteiger partial charge is 0.202 e. The van der Waals surface area contributed by atoms with Crippen LogP contribution in [0.5, 0.6) is 0 Å². The van der Waals surface area contributed by atoms with E-state index in [0.29, 0.717) is 12.0 Å². The Bertz CT molecular complexity index is 547. The maximum absolute atomic E-state index is 6.40. The molecule has 5 nitrogen and oxygen atoms in total. The van der Waals surface area contributed by atoms with Crippen LogP contribution in [0.25, 0.3) is 0 Å². The van der Waals surface area contributed by atoms with Crippen LogP contribution in [-0.4, -0.2) is 36.7 Å². The molecular weight excluding hydrogens is 274 g/mol. The Kier molecular flexibility index (Phi) is 5.21. The Morgan fingerprint density at radius 2 is 2.00 bits per heavy atom. The minimum absolute atomic E-state index is 0.479. The highest BCUT2D eigenvalue weighted by atomic mass is 15.2. The number of benzene rings is 1. The van der Waals surface area contributed by atoms with Crippen molar-refractivity contribution in [1.82, 2.24) is 10.2 Å². The van der Waals surface area contributed by atoms with Crippen molar-refractivity contribution in [1.29, 1.82) is 0 Å².